The van der Waals surface area contributed by atoms with Crippen molar-refractivity contribution in [2.45, 2.75) is 45.4 Å². The monoisotopic (exact) mass is 466 g/mol. The summed E-state index contributed by atoms with van der Waals surface area (Å²) >= 11 is 1.23. The topological polar surface area (TPSA) is 95.6 Å². The quantitative estimate of drug-likeness (QED) is 0.626. The van der Waals surface area contributed by atoms with Crippen molar-refractivity contribution in [3.63, 3.8) is 0 Å². The number of benzene rings is 2. The fourth-order valence-corrected chi connectivity index (χ4v) is 5.31. The molecule has 34 heavy (non-hydrogen) atoms. The Morgan fingerprint density at radius 3 is 1.94 bits per heavy atom. The van der Waals surface area contributed by atoms with Gasteiger partial charge in [-0.1, -0.05) is 76.2 Å². The SMILES string of the molecule is CC(C)c1ccc(/C=c2/sc3n(c2=O)C(N)=C(C#N)[C@@H](c2ccc(C(C)C)cc2)C=3C#N)cc1. The van der Waals surface area contributed by atoms with Crippen LogP contribution in [0.2, 0.25) is 0 Å². The number of hydrogen-bond acceptors (Lipinski definition) is 5. The van der Waals surface area contributed by atoms with Crippen molar-refractivity contribution in [1.29, 1.82) is 10.5 Å². The standard InChI is InChI=1S/C28H26N4OS/c1-16(2)19-7-5-18(6-8-19)13-24-27(33)32-26(31)22(14-29)25(23(15-30)28(32)34-24)21-11-9-20(10-12-21)17(3)4/h5-13,16-17,25H,31H2,1-4H3/b24-13+/t25-/m1/s1. The second-order valence-electron chi connectivity index (χ2n) is 9.07. The molecule has 6 heteroatoms. The lowest BCUT2D eigenvalue weighted by molar-refractivity contribution is 0.861. The summed E-state index contributed by atoms with van der Waals surface area (Å²) in [6.07, 6.45) is 1.81. The number of nitriles is 2. The van der Waals surface area contributed by atoms with Gasteiger partial charge < -0.3 is 5.73 Å². The van der Waals surface area contributed by atoms with Gasteiger partial charge in [-0.05, 0) is 40.2 Å². The second-order valence-corrected chi connectivity index (χ2v) is 10.1. The van der Waals surface area contributed by atoms with Gasteiger partial charge >= 0.3 is 0 Å². The zero-order chi connectivity index (χ0) is 24.6. The van der Waals surface area contributed by atoms with E-state index < -0.39 is 5.92 Å². The van der Waals surface area contributed by atoms with Gasteiger partial charge in [-0.15, -0.1) is 11.3 Å². The fraction of sp³-hybridized carbons (Fsp3) is 0.250. The van der Waals surface area contributed by atoms with E-state index in [1.807, 2.05) is 54.6 Å². The highest BCUT2D eigenvalue weighted by molar-refractivity contribution is 7.07. The molecule has 2 heterocycles. The molecule has 4 rings (SSSR count). The molecule has 1 aliphatic rings. The van der Waals surface area contributed by atoms with Gasteiger partial charge in [-0.3, -0.25) is 9.36 Å². The normalized spacial score (nSPS) is 16.1. The maximum atomic E-state index is 13.3. The van der Waals surface area contributed by atoms with Crippen molar-refractivity contribution in [2.75, 3.05) is 0 Å². The maximum absolute atomic E-state index is 13.3. The number of nitrogens with zero attached hydrogens (tertiary/aromatic N) is 3. The summed E-state index contributed by atoms with van der Waals surface area (Å²) in [7, 11) is 0. The van der Waals surface area contributed by atoms with Gasteiger partial charge in [0.1, 0.15) is 10.5 Å². The lowest BCUT2D eigenvalue weighted by Gasteiger charge is -2.22. The average Bonchev–Trinajstić information content (AvgIpc) is 3.15. The van der Waals surface area contributed by atoms with Crippen molar-refractivity contribution in [1.82, 2.24) is 4.57 Å². The number of hydrogen-bond donors (Lipinski definition) is 1. The van der Waals surface area contributed by atoms with Crippen LogP contribution >= 0.6 is 11.3 Å². The molecule has 0 radical (unpaired) electrons. The van der Waals surface area contributed by atoms with E-state index in [1.54, 1.807) is 0 Å². The highest BCUT2D eigenvalue weighted by Crippen LogP contribution is 2.36. The van der Waals surface area contributed by atoms with Crippen LogP contribution in [0.3, 0.4) is 0 Å². The molecule has 0 amide bonds. The first-order valence-electron chi connectivity index (χ1n) is 11.2. The van der Waals surface area contributed by atoms with Crippen LogP contribution < -0.4 is 20.5 Å². The van der Waals surface area contributed by atoms with Crippen LogP contribution in [0.5, 0.6) is 0 Å². The number of nitrogens with two attached hydrogens (primary N) is 1. The van der Waals surface area contributed by atoms with Crippen LogP contribution in [0, 0.1) is 22.7 Å². The van der Waals surface area contributed by atoms with Gasteiger partial charge in [0.05, 0.1) is 33.7 Å². The average molecular weight is 467 g/mol. The summed E-state index contributed by atoms with van der Waals surface area (Å²) in [5, 5.41) is 20.1. The Kier molecular flexibility index (Phi) is 6.28. The Morgan fingerprint density at radius 1 is 0.912 bits per heavy atom. The van der Waals surface area contributed by atoms with Crippen molar-refractivity contribution in [3.8, 4) is 12.1 Å². The van der Waals surface area contributed by atoms with E-state index in [9.17, 15) is 15.3 Å². The van der Waals surface area contributed by atoms with Gasteiger partial charge in [0.2, 0.25) is 0 Å². The molecule has 0 fully saturated rings. The number of aromatic nitrogens is 1. The third kappa shape index (κ3) is 3.98. The van der Waals surface area contributed by atoms with Gasteiger partial charge in [0.15, 0.2) is 0 Å². The molecule has 2 aromatic carbocycles. The summed E-state index contributed by atoms with van der Waals surface area (Å²) in [5.41, 5.74) is 10.7. The van der Waals surface area contributed by atoms with E-state index in [-0.39, 0.29) is 17.0 Å². The Morgan fingerprint density at radius 2 is 1.44 bits per heavy atom. The van der Waals surface area contributed by atoms with Gasteiger partial charge in [0, 0.05) is 0 Å². The zero-order valence-electron chi connectivity index (χ0n) is 19.7. The van der Waals surface area contributed by atoms with Crippen LogP contribution in [0.1, 0.15) is 67.7 Å². The fourth-order valence-electron chi connectivity index (χ4n) is 4.19. The highest BCUT2D eigenvalue weighted by Gasteiger charge is 2.32. The first kappa shape index (κ1) is 23.3. The molecule has 5 nitrogen and oxygen atoms in total. The molecule has 0 unspecified atom stereocenters. The summed E-state index contributed by atoms with van der Waals surface area (Å²) in [5.74, 6) is 0.270. The number of thiazole rings is 1. The van der Waals surface area contributed by atoms with Crippen LogP contribution in [-0.2, 0) is 0 Å². The van der Waals surface area contributed by atoms with Crippen molar-refractivity contribution in [2.24, 2.45) is 5.73 Å². The molecule has 1 aliphatic heterocycles. The first-order valence-corrected chi connectivity index (χ1v) is 12.1. The van der Waals surface area contributed by atoms with Gasteiger partial charge in [-0.2, -0.15) is 10.5 Å². The van der Waals surface area contributed by atoms with E-state index in [2.05, 4.69) is 39.8 Å². The molecule has 3 aromatic rings. The number of fused-ring (bicyclic) bond motifs is 1. The van der Waals surface area contributed by atoms with Crippen molar-refractivity contribution >= 4 is 28.8 Å². The molecule has 170 valence electrons. The number of allylic oxidation sites excluding steroid dienone is 1. The molecular weight excluding hydrogens is 440 g/mol. The minimum Gasteiger partial charge on any atom is -0.384 e. The molecule has 1 atom stereocenters. The van der Waals surface area contributed by atoms with Crippen LogP contribution in [-0.4, -0.2) is 4.57 Å². The first-order chi connectivity index (χ1) is 16.3. The lowest BCUT2D eigenvalue weighted by Crippen LogP contribution is -2.38. The Hall–Kier alpha value is -3.87. The van der Waals surface area contributed by atoms with Crippen molar-refractivity contribution < 1.29 is 0 Å². The molecule has 0 saturated carbocycles. The maximum Gasteiger partial charge on any atom is 0.274 e. The predicted octanol–water partition coefficient (Wildman–Crippen LogP) is 4.11. The second kappa shape index (κ2) is 9.17. The molecular formula is C28H26N4OS. The third-order valence-corrected chi connectivity index (χ3v) is 7.33. The summed E-state index contributed by atoms with van der Waals surface area (Å²) in [6.45, 7) is 8.48. The largest absolute Gasteiger partial charge is 0.384 e. The predicted molar refractivity (Wildman–Crippen MR) is 137 cm³/mol. The molecule has 0 aliphatic carbocycles. The summed E-state index contributed by atoms with van der Waals surface area (Å²) in [6, 6.07) is 20.4. The summed E-state index contributed by atoms with van der Waals surface area (Å²) in [4.78, 5) is 13.3. The molecule has 2 N–H and O–H groups in total. The molecule has 0 bridgehead atoms. The smallest absolute Gasteiger partial charge is 0.274 e. The Labute approximate surface area is 203 Å². The third-order valence-electron chi connectivity index (χ3n) is 6.23. The van der Waals surface area contributed by atoms with E-state index >= 15 is 0 Å². The minimum atomic E-state index is -0.604. The zero-order valence-corrected chi connectivity index (χ0v) is 20.5. The van der Waals surface area contributed by atoms with Crippen LogP contribution in [0.4, 0.5) is 0 Å². The number of rotatable bonds is 4. The Bertz CT molecular complexity index is 1540. The molecule has 0 saturated heterocycles. The highest BCUT2D eigenvalue weighted by atomic mass is 32.1. The van der Waals surface area contributed by atoms with E-state index in [4.69, 9.17) is 5.73 Å². The van der Waals surface area contributed by atoms with Crippen molar-refractivity contribution in [3.05, 3.63) is 95.9 Å². The van der Waals surface area contributed by atoms with Crippen LogP contribution in [0.25, 0.3) is 17.5 Å². The van der Waals surface area contributed by atoms with Crippen LogP contribution in [0.15, 0.2) is 58.9 Å². The lowest BCUT2D eigenvalue weighted by atomic mass is 9.83. The molecule has 0 spiro atoms. The molecule has 1 aromatic heterocycles. The summed E-state index contributed by atoms with van der Waals surface area (Å²) < 4.78 is 2.26. The van der Waals surface area contributed by atoms with E-state index in [1.165, 1.54) is 27.0 Å². The minimum absolute atomic E-state index is 0.0884. The van der Waals surface area contributed by atoms with E-state index in [0.717, 1.165) is 11.1 Å². The van der Waals surface area contributed by atoms with Gasteiger partial charge in [0.25, 0.3) is 5.56 Å². The van der Waals surface area contributed by atoms with Gasteiger partial charge in [-0.25, -0.2) is 0 Å². The Balaban J connectivity index is 1.94. The van der Waals surface area contributed by atoms with E-state index in [0.29, 0.717) is 26.6 Å².